The summed E-state index contributed by atoms with van der Waals surface area (Å²) in [6, 6.07) is 15.8. The summed E-state index contributed by atoms with van der Waals surface area (Å²) in [4.78, 5) is 37.5. The Balaban J connectivity index is 1.46. The maximum atomic E-state index is 12.9. The second-order valence-corrected chi connectivity index (χ2v) is 8.89. The van der Waals surface area contributed by atoms with Crippen molar-refractivity contribution in [3.8, 4) is 0 Å². The van der Waals surface area contributed by atoms with Crippen molar-refractivity contribution >= 4 is 56.6 Å². The zero-order valence-electron chi connectivity index (χ0n) is 18.4. The molecule has 0 aliphatic carbocycles. The summed E-state index contributed by atoms with van der Waals surface area (Å²) in [6.45, 7) is 2.20. The van der Waals surface area contributed by atoms with E-state index in [9.17, 15) is 14.4 Å². The number of rotatable bonds is 7. The van der Waals surface area contributed by atoms with Crippen molar-refractivity contribution in [2.45, 2.75) is 13.5 Å². The van der Waals surface area contributed by atoms with Crippen LogP contribution in [0.2, 0.25) is 5.02 Å². The minimum absolute atomic E-state index is 0.215. The first-order chi connectivity index (χ1) is 16.4. The molecule has 0 saturated carbocycles. The maximum Gasteiger partial charge on any atom is 0.325 e. The lowest BCUT2D eigenvalue weighted by atomic mass is 10.2. The molecule has 2 heterocycles. The molecule has 0 spiro atoms. The Morgan fingerprint density at radius 3 is 2.53 bits per heavy atom. The van der Waals surface area contributed by atoms with Gasteiger partial charge < -0.3 is 15.4 Å². The van der Waals surface area contributed by atoms with Crippen LogP contribution in [0.1, 0.15) is 31.3 Å². The number of benzene rings is 2. The first-order valence-electron chi connectivity index (χ1n) is 10.3. The highest BCUT2D eigenvalue weighted by molar-refractivity contribution is 7.20. The molecule has 0 aliphatic heterocycles. The summed E-state index contributed by atoms with van der Waals surface area (Å²) in [6.07, 6.45) is 0. The number of thiophene rings is 1. The van der Waals surface area contributed by atoms with Gasteiger partial charge in [-0.05, 0) is 48.9 Å². The minimum atomic E-state index is -0.536. The lowest BCUT2D eigenvalue weighted by Crippen LogP contribution is -2.30. The normalized spacial score (nSPS) is 10.8. The van der Waals surface area contributed by atoms with Crippen molar-refractivity contribution < 1.29 is 19.1 Å². The van der Waals surface area contributed by atoms with Gasteiger partial charge in [0.05, 0.1) is 24.2 Å². The highest BCUT2D eigenvalue weighted by Crippen LogP contribution is 2.30. The third-order valence-electron chi connectivity index (χ3n) is 5.14. The number of anilines is 1. The quantitative estimate of drug-likeness (QED) is 0.372. The van der Waals surface area contributed by atoms with Gasteiger partial charge in [-0.2, -0.15) is 5.10 Å². The van der Waals surface area contributed by atoms with Crippen LogP contribution in [0.3, 0.4) is 0 Å². The molecule has 4 aromatic rings. The Labute approximate surface area is 204 Å². The van der Waals surface area contributed by atoms with Crippen LogP contribution in [0, 0.1) is 6.92 Å². The number of amides is 2. The Bertz CT molecular complexity index is 1380. The molecule has 0 saturated heterocycles. The van der Waals surface area contributed by atoms with Gasteiger partial charge in [0.25, 0.3) is 11.8 Å². The van der Waals surface area contributed by atoms with Crippen LogP contribution in [0.25, 0.3) is 10.2 Å². The zero-order valence-corrected chi connectivity index (χ0v) is 20.0. The largest absolute Gasteiger partial charge is 0.468 e. The van der Waals surface area contributed by atoms with Crippen LogP contribution in [0.5, 0.6) is 0 Å². The summed E-state index contributed by atoms with van der Waals surface area (Å²) in [5, 5.41) is 11.5. The van der Waals surface area contributed by atoms with E-state index in [0.29, 0.717) is 27.7 Å². The van der Waals surface area contributed by atoms with Crippen LogP contribution in [-0.4, -0.2) is 41.2 Å². The number of nitrogens with one attached hydrogen (secondary N) is 2. The van der Waals surface area contributed by atoms with Crippen LogP contribution in [0.15, 0.2) is 54.6 Å². The van der Waals surface area contributed by atoms with E-state index < -0.39 is 11.9 Å². The molecule has 2 amide bonds. The number of aromatic nitrogens is 2. The lowest BCUT2D eigenvalue weighted by molar-refractivity contribution is -0.139. The van der Waals surface area contributed by atoms with Gasteiger partial charge in [0.1, 0.15) is 11.4 Å². The molecule has 0 atom stereocenters. The summed E-state index contributed by atoms with van der Waals surface area (Å²) < 4.78 is 6.35. The van der Waals surface area contributed by atoms with Crippen LogP contribution >= 0.6 is 22.9 Å². The van der Waals surface area contributed by atoms with E-state index in [-0.39, 0.29) is 12.5 Å². The SMILES string of the molecule is COC(=O)CNC(=O)c1ccc(NC(=O)c2cc3c(C)nn(Cc4ccccc4Cl)c3s2)cc1. The molecule has 0 aliphatic rings. The van der Waals surface area contributed by atoms with Gasteiger partial charge in [-0.3, -0.25) is 19.1 Å². The summed E-state index contributed by atoms with van der Waals surface area (Å²) >= 11 is 7.65. The fraction of sp³-hybridized carbons (Fsp3) is 0.167. The predicted molar refractivity (Wildman–Crippen MR) is 132 cm³/mol. The molecule has 0 fully saturated rings. The average Bonchev–Trinajstić information content (AvgIpc) is 3.40. The fourth-order valence-electron chi connectivity index (χ4n) is 3.34. The molecule has 2 N–H and O–H groups in total. The van der Waals surface area contributed by atoms with Gasteiger partial charge in [0, 0.05) is 21.7 Å². The van der Waals surface area contributed by atoms with E-state index in [2.05, 4.69) is 20.5 Å². The van der Waals surface area contributed by atoms with Crippen LogP contribution in [-0.2, 0) is 16.1 Å². The van der Waals surface area contributed by atoms with Gasteiger partial charge in [-0.1, -0.05) is 29.8 Å². The van der Waals surface area contributed by atoms with Gasteiger partial charge in [-0.25, -0.2) is 0 Å². The second kappa shape index (κ2) is 10.1. The van der Waals surface area contributed by atoms with E-state index in [4.69, 9.17) is 11.6 Å². The molecular weight excluding hydrogens is 476 g/mol. The number of nitrogens with zero attached hydrogens (tertiary/aromatic N) is 2. The number of halogens is 1. The predicted octanol–water partition coefficient (Wildman–Crippen LogP) is 4.26. The Morgan fingerprint density at radius 2 is 1.82 bits per heavy atom. The fourth-order valence-corrected chi connectivity index (χ4v) is 4.60. The van der Waals surface area contributed by atoms with E-state index in [0.717, 1.165) is 21.5 Å². The number of carbonyl (C=O) groups is 3. The van der Waals surface area contributed by atoms with Crippen molar-refractivity contribution in [2.75, 3.05) is 19.0 Å². The molecule has 34 heavy (non-hydrogen) atoms. The topological polar surface area (TPSA) is 102 Å². The number of aryl methyl sites for hydroxylation is 1. The lowest BCUT2D eigenvalue weighted by Gasteiger charge is -2.07. The van der Waals surface area contributed by atoms with Crippen LogP contribution in [0.4, 0.5) is 5.69 Å². The van der Waals surface area contributed by atoms with Crippen molar-refractivity contribution in [2.24, 2.45) is 0 Å². The molecule has 174 valence electrons. The summed E-state index contributed by atoms with van der Waals surface area (Å²) in [5.41, 5.74) is 2.68. The first-order valence-corrected chi connectivity index (χ1v) is 11.5. The highest BCUT2D eigenvalue weighted by Gasteiger charge is 2.17. The van der Waals surface area contributed by atoms with Gasteiger partial charge in [0.15, 0.2) is 0 Å². The third kappa shape index (κ3) is 5.11. The molecule has 0 bridgehead atoms. The van der Waals surface area contributed by atoms with Gasteiger partial charge >= 0.3 is 5.97 Å². The minimum Gasteiger partial charge on any atom is -0.468 e. The number of carbonyl (C=O) groups excluding carboxylic acids is 3. The number of esters is 1. The molecular formula is C24H21ClN4O4S. The van der Waals surface area contributed by atoms with Crippen molar-refractivity contribution in [1.29, 1.82) is 0 Å². The zero-order chi connectivity index (χ0) is 24.2. The van der Waals surface area contributed by atoms with Gasteiger partial charge in [0.2, 0.25) is 0 Å². The van der Waals surface area contributed by atoms with Crippen molar-refractivity contribution in [3.63, 3.8) is 0 Å². The molecule has 8 nitrogen and oxygen atoms in total. The van der Waals surface area contributed by atoms with Gasteiger partial charge in [-0.15, -0.1) is 11.3 Å². The number of fused-ring (bicyclic) bond motifs is 1. The first kappa shape index (κ1) is 23.5. The molecule has 4 rings (SSSR count). The number of ether oxygens (including phenoxy) is 1. The highest BCUT2D eigenvalue weighted by atomic mass is 35.5. The molecule has 0 radical (unpaired) electrons. The summed E-state index contributed by atoms with van der Waals surface area (Å²) in [7, 11) is 1.25. The smallest absolute Gasteiger partial charge is 0.325 e. The average molecular weight is 497 g/mol. The summed E-state index contributed by atoms with van der Waals surface area (Å²) in [5.74, 6) is -1.20. The second-order valence-electron chi connectivity index (χ2n) is 7.45. The molecule has 10 heteroatoms. The number of hydrogen-bond donors (Lipinski definition) is 2. The Kier molecular flexibility index (Phi) is 6.95. The van der Waals surface area contributed by atoms with E-state index in [1.165, 1.54) is 18.4 Å². The Morgan fingerprint density at radius 1 is 1.09 bits per heavy atom. The van der Waals surface area contributed by atoms with Crippen LogP contribution < -0.4 is 10.6 Å². The van der Waals surface area contributed by atoms with E-state index >= 15 is 0 Å². The Hall–Kier alpha value is -3.69. The van der Waals surface area contributed by atoms with Crippen molar-refractivity contribution in [3.05, 3.63) is 81.3 Å². The number of methoxy groups -OCH3 is 1. The monoisotopic (exact) mass is 496 g/mol. The van der Waals surface area contributed by atoms with E-state index in [1.807, 2.05) is 41.9 Å². The molecule has 2 aromatic carbocycles. The standard InChI is InChI=1S/C24H21ClN4O4S/c1-14-18-11-20(34-24(18)29(28-14)13-16-5-3-4-6-19(16)25)23(32)27-17-9-7-15(8-10-17)22(31)26-12-21(30)33-2/h3-11H,12-13H2,1-2H3,(H,26,31)(H,27,32). The molecule has 2 aromatic heterocycles. The van der Waals surface area contributed by atoms with Crippen molar-refractivity contribution in [1.82, 2.24) is 15.1 Å². The molecule has 0 unspecified atom stereocenters. The van der Waals surface area contributed by atoms with E-state index in [1.54, 1.807) is 24.3 Å². The third-order valence-corrected chi connectivity index (χ3v) is 6.65. The number of hydrogen-bond acceptors (Lipinski definition) is 6. The maximum absolute atomic E-state index is 12.9.